The molecule has 0 aromatic heterocycles. The van der Waals surface area contributed by atoms with Gasteiger partial charge in [-0.1, -0.05) is 15.9 Å². The zero-order chi connectivity index (χ0) is 14.0. The fraction of sp³-hybridized carbons (Fsp3) is 0.538. The summed E-state index contributed by atoms with van der Waals surface area (Å²) in [5, 5.41) is 11.4. The minimum absolute atomic E-state index is 0.160. The van der Waals surface area contributed by atoms with Gasteiger partial charge in [0.05, 0.1) is 17.1 Å². The Morgan fingerprint density at radius 1 is 1.53 bits per heavy atom. The van der Waals surface area contributed by atoms with Gasteiger partial charge >= 0.3 is 0 Å². The van der Waals surface area contributed by atoms with Crippen LogP contribution in [0, 0.1) is 10.1 Å². The lowest BCUT2D eigenvalue weighted by Gasteiger charge is -2.39. The Labute approximate surface area is 120 Å². The molecule has 1 aliphatic rings. The summed E-state index contributed by atoms with van der Waals surface area (Å²) in [6, 6.07) is 5.27. The molecule has 19 heavy (non-hydrogen) atoms. The average Bonchev–Trinajstić information content (AvgIpc) is 2.36. The van der Waals surface area contributed by atoms with E-state index in [-0.39, 0.29) is 16.2 Å². The maximum Gasteiger partial charge on any atom is 0.273 e. The minimum atomic E-state index is -0.344. The van der Waals surface area contributed by atoms with Crippen LogP contribution >= 0.6 is 15.9 Å². The van der Waals surface area contributed by atoms with E-state index in [0.29, 0.717) is 17.5 Å². The van der Waals surface area contributed by atoms with Crippen LogP contribution in [-0.4, -0.2) is 30.2 Å². The van der Waals surface area contributed by atoms with Crippen molar-refractivity contribution in [3.8, 4) is 0 Å². The Bertz CT molecular complexity index is 491. The summed E-state index contributed by atoms with van der Waals surface area (Å²) in [6.45, 7) is 6.37. The number of hydrogen-bond donors (Lipinski definition) is 0. The van der Waals surface area contributed by atoms with Crippen molar-refractivity contribution in [2.75, 3.05) is 24.6 Å². The van der Waals surface area contributed by atoms with Crippen LogP contribution in [0.4, 0.5) is 11.4 Å². The minimum Gasteiger partial charge on any atom is -0.372 e. The first kappa shape index (κ1) is 14.3. The molecule has 1 aliphatic heterocycles. The molecule has 0 unspecified atom stereocenters. The lowest BCUT2D eigenvalue weighted by atomic mass is 10.1. The smallest absolute Gasteiger partial charge is 0.273 e. The van der Waals surface area contributed by atoms with Gasteiger partial charge in [-0.05, 0) is 26.0 Å². The Hall–Kier alpha value is -1.14. The van der Waals surface area contributed by atoms with Gasteiger partial charge in [0.15, 0.2) is 0 Å². The van der Waals surface area contributed by atoms with E-state index in [1.807, 2.05) is 12.1 Å². The first-order valence-corrected chi connectivity index (χ1v) is 7.27. The van der Waals surface area contributed by atoms with Gasteiger partial charge in [-0.3, -0.25) is 10.1 Å². The molecule has 5 nitrogen and oxygen atoms in total. The number of alkyl halides is 1. The van der Waals surface area contributed by atoms with Crippen LogP contribution in [0.1, 0.15) is 19.4 Å². The van der Waals surface area contributed by atoms with Gasteiger partial charge in [0.25, 0.3) is 5.69 Å². The summed E-state index contributed by atoms with van der Waals surface area (Å²) in [5.41, 5.74) is 1.69. The quantitative estimate of drug-likeness (QED) is 0.486. The first-order chi connectivity index (χ1) is 8.93. The van der Waals surface area contributed by atoms with E-state index in [4.69, 9.17) is 4.74 Å². The maximum absolute atomic E-state index is 10.9. The topological polar surface area (TPSA) is 55.6 Å². The van der Waals surface area contributed by atoms with Crippen LogP contribution in [0.5, 0.6) is 0 Å². The molecule has 1 heterocycles. The molecule has 0 N–H and O–H groups in total. The molecule has 0 aliphatic carbocycles. The lowest BCUT2D eigenvalue weighted by Crippen LogP contribution is -2.48. The standard InChI is InChI=1S/C13H17BrN2O3/c1-13(2)9-15(5-6-19-13)11-3-4-12(16(17)18)10(7-11)8-14/h3-4,7H,5-6,8-9H2,1-2H3. The summed E-state index contributed by atoms with van der Waals surface area (Å²) < 4.78 is 5.68. The van der Waals surface area contributed by atoms with Gasteiger partial charge in [0.2, 0.25) is 0 Å². The van der Waals surface area contributed by atoms with Gasteiger partial charge < -0.3 is 9.64 Å². The van der Waals surface area contributed by atoms with Crippen LogP contribution in [0.3, 0.4) is 0 Å². The van der Waals surface area contributed by atoms with Crippen LogP contribution in [0.15, 0.2) is 18.2 Å². The predicted molar refractivity (Wildman–Crippen MR) is 78.0 cm³/mol. The van der Waals surface area contributed by atoms with Gasteiger partial charge in [0.1, 0.15) is 0 Å². The molecule has 1 saturated heterocycles. The first-order valence-electron chi connectivity index (χ1n) is 6.15. The molecular weight excluding hydrogens is 312 g/mol. The number of nitro groups is 1. The normalized spacial score (nSPS) is 18.4. The summed E-state index contributed by atoms with van der Waals surface area (Å²) in [6.07, 6.45) is 0. The number of rotatable bonds is 3. The SMILES string of the molecule is CC1(C)CN(c2ccc([N+](=O)[O-])c(CBr)c2)CCO1. The zero-order valence-electron chi connectivity index (χ0n) is 11.1. The van der Waals surface area contributed by atoms with Gasteiger partial charge in [0, 0.05) is 35.7 Å². The van der Waals surface area contributed by atoms with E-state index in [2.05, 4.69) is 34.7 Å². The second kappa shape index (κ2) is 5.46. The monoisotopic (exact) mass is 328 g/mol. The van der Waals surface area contributed by atoms with Crippen LogP contribution in [0.2, 0.25) is 0 Å². The van der Waals surface area contributed by atoms with Gasteiger partial charge in [-0.15, -0.1) is 0 Å². The van der Waals surface area contributed by atoms with Crippen molar-refractivity contribution in [2.24, 2.45) is 0 Å². The molecule has 1 aromatic carbocycles. The molecule has 0 atom stereocenters. The third-order valence-corrected chi connectivity index (χ3v) is 3.80. The summed E-state index contributed by atoms with van der Waals surface area (Å²) in [7, 11) is 0. The molecule has 6 heteroatoms. The largest absolute Gasteiger partial charge is 0.372 e. The molecule has 0 bridgehead atoms. The van der Waals surface area contributed by atoms with Crippen LogP contribution < -0.4 is 4.90 Å². The van der Waals surface area contributed by atoms with Crippen LogP contribution in [0.25, 0.3) is 0 Å². The van der Waals surface area contributed by atoms with Crippen molar-refractivity contribution in [2.45, 2.75) is 24.8 Å². The number of halogens is 1. The van der Waals surface area contributed by atoms with Crippen LogP contribution in [-0.2, 0) is 10.1 Å². The fourth-order valence-electron chi connectivity index (χ4n) is 2.29. The molecule has 2 rings (SSSR count). The van der Waals surface area contributed by atoms with Crippen molar-refractivity contribution in [3.63, 3.8) is 0 Å². The van der Waals surface area contributed by atoms with E-state index in [1.54, 1.807) is 6.07 Å². The molecule has 0 saturated carbocycles. The summed E-state index contributed by atoms with van der Waals surface area (Å²) >= 11 is 3.31. The predicted octanol–water partition coefficient (Wildman–Crippen LogP) is 3.10. The highest BCUT2D eigenvalue weighted by molar-refractivity contribution is 9.08. The molecular formula is C13H17BrN2O3. The third-order valence-electron chi connectivity index (χ3n) is 3.19. The number of nitro benzene ring substituents is 1. The summed E-state index contributed by atoms with van der Waals surface area (Å²) in [5.74, 6) is 0. The number of anilines is 1. The van der Waals surface area contributed by atoms with Gasteiger partial charge in [-0.25, -0.2) is 0 Å². The number of ether oxygens (including phenoxy) is 1. The maximum atomic E-state index is 10.9. The van der Waals surface area contributed by atoms with Crippen molar-refractivity contribution in [1.29, 1.82) is 0 Å². The fourth-order valence-corrected chi connectivity index (χ4v) is 2.74. The summed E-state index contributed by atoms with van der Waals surface area (Å²) in [4.78, 5) is 12.8. The van der Waals surface area contributed by atoms with E-state index >= 15 is 0 Å². The van der Waals surface area contributed by atoms with Crippen molar-refractivity contribution >= 4 is 27.3 Å². The highest BCUT2D eigenvalue weighted by Crippen LogP contribution is 2.29. The van der Waals surface area contributed by atoms with Crippen molar-refractivity contribution < 1.29 is 9.66 Å². The Morgan fingerprint density at radius 2 is 2.26 bits per heavy atom. The Kier molecular flexibility index (Phi) is 4.10. The number of hydrogen-bond acceptors (Lipinski definition) is 4. The second-order valence-electron chi connectivity index (χ2n) is 5.23. The van der Waals surface area contributed by atoms with E-state index in [1.165, 1.54) is 0 Å². The molecule has 1 aromatic rings. The number of benzene rings is 1. The average molecular weight is 329 g/mol. The highest BCUT2D eigenvalue weighted by Gasteiger charge is 2.28. The van der Waals surface area contributed by atoms with Crippen molar-refractivity contribution in [3.05, 3.63) is 33.9 Å². The number of nitrogens with zero attached hydrogens (tertiary/aromatic N) is 2. The van der Waals surface area contributed by atoms with E-state index in [9.17, 15) is 10.1 Å². The zero-order valence-corrected chi connectivity index (χ0v) is 12.6. The number of morpholine rings is 1. The van der Waals surface area contributed by atoms with Gasteiger partial charge in [-0.2, -0.15) is 0 Å². The Morgan fingerprint density at radius 3 is 2.84 bits per heavy atom. The molecule has 0 amide bonds. The van der Waals surface area contributed by atoms with E-state index in [0.717, 1.165) is 18.8 Å². The molecule has 0 radical (unpaired) electrons. The molecule has 1 fully saturated rings. The second-order valence-corrected chi connectivity index (χ2v) is 5.79. The molecule has 104 valence electrons. The third kappa shape index (κ3) is 3.25. The van der Waals surface area contributed by atoms with E-state index < -0.39 is 0 Å². The Balaban J connectivity index is 2.28. The lowest BCUT2D eigenvalue weighted by molar-refractivity contribution is -0.385. The highest BCUT2D eigenvalue weighted by atomic mass is 79.9. The van der Waals surface area contributed by atoms with Crippen molar-refractivity contribution in [1.82, 2.24) is 0 Å². The molecule has 0 spiro atoms.